The lowest BCUT2D eigenvalue weighted by atomic mass is 9.86. The number of piperidine rings is 1. The van der Waals surface area contributed by atoms with Crippen LogP contribution in [0.3, 0.4) is 0 Å². The Labute approximate surface area is 247 Å². The Kier molecular flexibility index (Phi) is 9.15. The van der Waals surface area contributed by atoms with Crippen LogP contribution in [0.1, 0.15) is 45.5 Å². The predicted octanol–water partition coefficient (Wildman–Crippen LogP) is 5.67. The average Bonchev–Trinajstić information content (AvgIpc) is 3.05. The molecule has 0 spiro atoms. The van der Waals surface area contributed by atoms with Gasteiger partial charge in [-0.3, -0.25) is 0 Å². The first-order valence-electron chi connectivity index (χ1n) is 14.5. The van der Waals surface area contributed by atoms with Gasteiger partial charge >= 0.3 is 11.9 Å². The van der Waals surface area contributed by atoms with Gasteiger partial charge in [0.2, 0.25) is 5.60 Å². The highest BCUT2D eigenvalue weighted by Crippen LogP contribution is 2.32. The molecule has 1 heterocycles. The van der Waals surface area contributed by atoms with Gasteiger partial charge < -0.3 is 19.1 Å². The van der Waals surface area contributed by atoms with Gasteiger partial charge in [0, 0.05) is 19.3 Å². The Morgan fingerprint density at radius 2 is 1.29 bits per heavy atom. The van der Waals surface area contributed by atoms with E-state index in [1.54, 1.807) is 24.3 Å². The molecule has 1 fully saturated rings. The van der Waals surface area contributed by atoms with Gasteiger partial charge in [-0.2, -0.15) is 0 Å². The number of hydrogen-bond donors (Lipinski definition) is 1. The number of quaternary nitrogens is 1. The molecule has 6 nitrogen and oxygen atoms in total. The van der Waals surface area contributed by atoms with Crippen molar-refractivity contribution in [2.75, 3.05) is 26.7 Å². The lowest BCUT2D eigenvalue weighted by Gasteiger charge is -2.41. The molecule has 0 bridgehead atoms. The highest BCUT2D eigenvalue weighted by molar-refractivity contribution is 5.89. The first-order valence-corrected chi connectivity index (χ1v) is 14.5. The maximum Gasteiger partial charge on any atom is 0.347 e. The van der Waals surface area contributed by atoms with Gasteiger partial charge in [0.1, 0.15) is 12.7 Å². The van der Waals surface area contributed by atoms with Gasteiger partial charge in [-0.25, -0.2) is 9.59 Å². The normalized spacial score (nSPS) is 18.7. The van der Waals surface area contributed by atoms with E-state index < -0.39 is 11.6 Å². The first kappa shape index (κ1) is 29.2. The number of benzene rings is 4. The first-order chi connectivity index (χ1) is 20.4. The summed E-state index contributed by atoms with van der Waals surface area (Å²) in [7, 11) is 2.23. The zero-order valence-electron chi connectivity index (χ0n) is 24.0. The van der Waals surface area contributed by atoms with Crippen molar-refractivity contribution < 1.29 is 28.7 Å². The lowest BCUT2D eigenvalue weighted by molar-refractivity contribution is -0.914. The number of carbonyl (C=O) groups excluding carboxylic acids is 2. The third kappa shape index (κ3) is 6.96. The Hall–Kier alpha value is -4.26. The van der Waals surface area contributed by atoms with Crippen LogP contribution in [0.2, 0.25) is 0 Å². The summed E-state index contributed by atoms with van der Waals surface area (Å²) in [6.07, 6.45) is 2.09. The Morgan fingerprint density at radius 1 is 0.762 bits per heavy atom. The fraction of sp³-hybridized carbons (Fsp3) is 0.278. The molecule has 1 aliphatic heterocycles. The maximum absolute atomic E-state index is 13.5. The second kappa shape index (κ2) is 13.1. The Morgan fingerprint density at radius 3 is 1.83 bits per heavy atom. The molecule has 0 unspecified atom stereocenters. The molecule has 0 aromatic heterocycles. The summed E-state index contributed by atoms with van der Waals surface area (Å²) >= 11 is 0. The van der Waals surface area contributed by atoms with Gasteiger partial charge in [0.05, 0.1) is 32.2 Å². The molecule has 0 aliphatic carbocycles. The van der Waals surface area contributed by atoms with Gasteiger partial charge in [-0.15, -0.1) is 0 Å². The van der Waals surface area contributed by atoms with Crippen LogP contribution in [-0.2, 0) is 32.9 Å². The SMILES string of the molecule is C[N+]1(CCc2ccc(C(=O)OCc3ccccc3)cc2)CCC(OC(=O)C(O)(c2ccccc2)c2ccccc2)CC1. The number of hydrogen-bond acceptors (Lipinski definition) is 5. The quantitative estimate of drug-likeness (QED) is 0.198. The van der Waals surface area contributed by atoms with E-state index in [0.29, 0.717) is 16.7 Å². The van der Waals surface area contributed by atoms with E-state index in [4.69, 9.17) is 9.47 Å². The summed E-state index contributed by atoms with van der Waals surface area (Å²) in [5.41, 5.74) is 1.79. The molecule has 42 heavy (non-hydrogen) atoms. The van der Waals surface area contributed by atoms with Crippen LogP contribution in [0.15, 0.2) is 115 Å². The molecular weight excluding hydrogens is 526 g/mol. The molecule has 216 valence electrons. The van der Waals surface area contributed by atoms with Crippen LogP contribution in [0.4, 0.5) is 0 Å². The highest BCUT2D eigenvalue weighted by atomic mass is 16.6. The molecule has 5 rings (SSSR count). The van der Waals surface area contributed by atoms with E-state index >= 15 is 0 Å². The summed E-state index contributed by atoms with van der Waals surface area (Å²) in [6, 6.07) is 35.3. The van der Waals surface area contributed by atoms with Crippen LogP contribution in [0, 0.1) is 0 Å². The van der Waals surface area contributed by atoms with Crippen molar-refractivity contribution in [1.82, 2.24) is 0 Å². The zero-order valence-corrected chi connectivity index (χ0v) is 24.0. The van der Waals surface area contributed by atoms with E-state index in [2.05, 4.69) is 7.05 Å². The largest absolute Gasteiger partial charge is 0.459 e. The number of likely N-dealkylation sites (N-methyl/N-ethyl adjacent to an activating group) is 1. The molecule has 0 atom stereocenters. The maximum atomic E-state index is 13.5. The Bertz CT molecular complexity index is 1410. The van der Waals surface area contributed by atoms with Crippen LogP contribution >= 0.6 is 0 Å². The predicted molar refractivity (Wildman–Crippen MR) is 161 cm³/mol. The van der Waals surface area contributed by atoms with E-state index in [0.717, 1.165) is 48.9 Å². The molecule has 6 heteroatoms. The fourth-order valence-corrected chi connectivity index (χ4v) is 5.52. The topological polar surface area (TPSA) is 72.8 Å². The van der Waals surface area contributed by atoms with Gasteiger partial charge in [0.25, 0.3) is 0 Å². The van der Waals surface area contributed by atoms with Crippen LogP contribution in [-0.4, -0.2) is 54.3 Å². The molecule has 4 aromatic carbocycles. The minimum Gasteiger partial charge on any atom is -0.459 e. The average molecular weight is 565 g/mol. The number of nitrogens with zero attached hydrogens (tertiary/aromatic N) is 1. The molecule has 1 saturated heterocycles. The van der Waals surface area contributed by atoms with Crippen molar-refractivity contribution in [2.24, 2.45) is 0 Å². The molecule has 4 aromatic rings. The van der Waals surface area contributed by atoms with Crippen molar-refractivity contribution in [3.63, 3.8) is 0 Å². The fourth-order valence-electron chi connectivity index (χ4n) is 5.52. The number of rotatable bonds is 10. The number of carbonyl (C=O) groups is 2. The van der Waals surface area contributed by atoms with Crippen molar-refractivity contribution in [3.8, 4) is 0 Å². The summed E-state index contributed by atoms with van der Waals surface area (Å²) in [5, 5.41) is 11.7. The highest BCUT2D eigenvalue weighted by Gasteiger charge is 2.43. The second-order valence-corrected chi connectivity index (χ2v) is 11.3. The minimum absolute atomic E-state index is 0.246. The lowest BCUT2D eigenvalue weighted by Crippen LogP contribution is -2.53. The third-order valence-corrected chi connectivity index (χ3v) is 8.28. The zero-order chi connectivity index (χ0) is 29.4. The summed E-state index contributed by atoms with van der Waals surface area (Å²) in [6.45, 7) is 2.94. The number of aliphatic hydroxyl groups is 1. The summed E-state index contributed by atoms with van der Waals surface area (Å²) < 4.78 is 12.3. The van der Waals surface area contributed by atoms with Crippen molar-refractivity contribution in [1.29, 1.82) is 0 Å². The van der Waals surface area contributed by atoms with E-state index in [1.807, 2.05) is 91.0 Å². The van der Waals surface area contributed by atoms with E-state index in [1.165, 1.54) is 5.56 Å². The van der Waals surface area contributed by atoms with Gasteiger partial charge in [-0.1, -0.05) is 103 Å². The van der Waals surface area contributed by atoms with Crippen molar-refractivity contribution in [2.45, 2.75) is 37.6 Å². The molecule has 0 amide bonds. The third-order valence-electron chi connectivity index (χ3n) is 8.28. The van der Waals surface area contributed by atoms with E-state index in [-0.39, 0.29) is 18.7 Å². The number of esters is 2. The summed E-state index contributed by atoms with van der Waals surface area (Å²) in [4.78, 5) is 25.9. The second-order valence-electron chi connectivity index (χ2n) is 11.3. The molecule has 1 aliphatic rings. The van der Waals surface area contributed by atoms with Crippen LogP contribution in [0.25, 0.3) is 0 Å². The van der Waals surface area contributed by atoms with E-state index in [9.17, 15) is 14.7 Å². The van der Waals surface area contributed by atoms with Gasteiger partial charge in [0.15, 0.2) is 0 Å². The minimum atomic E-state index is -1.86. The smallest absolute Gasteiger partial charge is 0.347 e. The molecule has 0 radical (unpaired) electrons. The molecule has 1 N–H and O–H groups in total. The monoisotopic (exact) mass is 564 g/mol. The van der Waals surface area contributed by atoms with Gasteiger partial charge in [-0.05, 0) is 34.4 Å². The van der Waals surface area contributed by atoms with Crippen molar-refractivity contribution in [3.05, 3.63) is 143 Å². The number of ether oxygens (including phenoxy) is 2. The van der Waals surface area contributed by atoms with Crippen molar-refractivity contribution >= 4 is 11.9 Å². The standard InChI is InChI=1S/C36H38NO5/c1-37(24-21-28-17-19-30(20-18-28)34(38)41-27-29-11-5-2-6-12-29)25-22-33(23-26-37)42-35(39)36(40,31-13-7-3-8-14-31)32-15-9-4-10-16-32/h2-20,33,40H,21-27H2,1H3/q+1. The number of likely N-dealkylation sites (tertiary alicyclic amines) is 1. The van der Waals surface area contributed by atoms with Crippen LogP contribution < -0.4 is 0 Å². The molecular formula is C36H38NO5+. The Balaban J connectivity index is 1.13. The van der Waals surface area contributed by atoms with Crippen LogP contribution in [0.5, 0.6) is 0 Å². The summed E-state index contributed by atoms with van der Waals surface area (Å²) in [5.74, 6) is -0.962. The molecule has 0 saturated carbocycles.